The number of hydrogen-bond acceptors (Lipinski definition) is 6. The van der Waals surface area contributed by atoms with Crippen molar-refractivity contribution in [3.63, 3.8) is 0 Å². The fraction of sp³-hybridized carbons (Fsp3) is 0.560. The second-order valence-electron chi connectivity index (χ2n) is 9.09. The normalized spacial score (nSPS) is 29.8. The van der Waals surface area contributed by atoms with Gasteiger partial charge in [-0.1, -0.05) is 18.2 Å². The van der Waals surface area contributed by atoms with E-state index in [2.05, 4.69) is 6.58 Å². The highest BCUT2D eigenvalue weighted by Crippen LogP contribution is 2.58. The summed E-state index contributed by atoms with van der Waals surface area (Å²) in [6.45, 7) is 9.59. The van der Waals surface area contributed by atoms with Gasteiger partial charge in [-0.2, -0.15) is 0 Å². The molecule has 3 saturated heterocycles. The number of aliphatic hydroxyl groups is 1. The number of hydrogen-bond donors (Lipinski definition) is 1. The average Bonchev–Trinajstić information content (AvgIpc) is 3.42. The Morgan fingerprint density at radius 3 is 2.82 bits per heavy atom. The van der Waals surface area contributed by atoms with Gasteiger partial charge in [0.15, 0.2) is 0 Å². The van der Waals surface area contributed by atoms with Crippen LogP contribution < -0.4 is 4.90 Å². The van der Waals surface area contributed by atoms with Crippen molar-refractivity contribution in [3.05, 3.63) is 42.0 Å². The van der Waals surface area contributed by atoms with Gasteiger partial charge < -0.3 is 24.4 Å². The van der Waals surface area contributed by atoms with Crippen molar-refractivity contribution in [2.24, 2.45) is 11.8 Å². The van der Waals surface area contributed by atoms with Gasteiger partial charge in [0, 0.05) is 18.8 Å². The Labute approximate surface area is 194 Å². The van der Waals surface area contributed by atoms with Crippen LogP contribution in [-0.4, -0.2) is 71.8 Å². The number of nitrogens with zero attached hydrogens (tertiary/aromatic N) is 2. The zero-order chi connectivity index (χ0) is 23.9. The molecule has 2 amide bonds. The van der Waals surface area contributed by atoms with Crippen LogP contribution in [0.2, 0.25) is 0 Å². The topological polar surface area (TPSA) is 96.4 Å². The predicted molar refractivity (Wildman–Crippen MR) is 122 cm³/mol. The zero-order valence-corrected chi connectivity index (χ0v) is 19.5. The van der Waals surface area contributed by atoms with Crippen molar-refractivity contribution < 1.29 is 29.0 Å². The monoisotopic (exact) mass is 456 g/mol. The van der Waals surface area contributed by atoms with Gasteiger partial charge in [-0.15, -0.1) is 6.58 Å². The number of β-amino-alcohol motifs (C(OH)–C–C–N with tert-alkyl or cyclic N) is 1. The summed E-state index contributed by atoms with van der Waals surface area (Å²) in [5, 5.41) is 9.71. The molecule has 0 radical (unpaired) electrons. The fourth-order valence-electron chi connectivity index (χ4n) is 5.88. The number of benzene rings is 1. The number of ether oxygens (including phenoxy) is 2. The molecule has 1 N–H and O–H groups in total. The van der Waals surface area contributed by atoms with Crippen molar-refractivity contribution in [1.29, 1.82) is 0 Å². The highest BCUT2D eigenvalue weighted by atomic mass is 16.6. The molecule has 0 unspecified atom stereocenters. The minimum absolute atomic E-state index is 0.00814. The molecule has 0 saturated carbocycles. The second kappa shape index (κ2) is 8.91. The van der Waals surface area contributed by atoms with Crippen molar-refractivity contribution in [2.75, 3.05) is 31.2 Å². The Hall–Kier alpha value is -2.71. The number of esters is 1. The van der Waals surface area contributed by atoms with Crippen LogP contribution in [0.1, 0.15) is 30.9 Å². The van der Waals surface area contributed by atoms with Gasteiger partial charge in [-0.25, -0.2) is 0 Å². The number of aryl methyl sites for hydroxylation is 2. The first-order valence-corrected chi connectivity index (χ1v) is 11.6. The molecule has 3 heterocycles. The van der Waals surface area contributed by atoms with Crippen molar-refractivity contribution >= 4 is 23.5 Å². The molecular formula is C25H32N2O6. The first-order valence-electron chi connectivity index (χ1n) is 11.6. The molecule has 2 bridgehead atoms. The summed E-state index contributed by atoms with van der Waals surface area (Å²) >= 11 is 0. The number of aliphatic hydroxyl groups excluding tert-OH is 1. The van der Waals surface area contributed by atoms with E-state index >= 15 is 0 Å². The van der Waals surface area contributed by atoms with Crippen LogP contribution >= 0.6 is 0 Å². The van der Waals surface area contributed by atoms with Crippen LogP contribution in [0.5, 0.6) is 0 Å². The molecule has 3 fully saturated rings. The van der Waals surface area contributed by atoms with E-state index in [0.29, 0.717) is 12.8 Å². The molecule has 4 rings (SSSR count). The number of carbonyl (C=O) groups excluding carboxylic acids is 3. The quantitative estimate of drug-likeness (QED) is 0.473. The van der Waals surface area contributed by atoms with E-state index < -0.39 is 35.6 Å². The lowest BCUT2D eigenvalue weighted by atomic mass is 9.70. The molecule has 1 spiro atoms. The molecule has 1 aromatic rings. The summed E-state index contributed by atoms with van der Waals surface area (Å²) in [4.78, 5) is 43.5. The van der Waals surface area contributed by atoms with E-state index in [1.807, 2.05) is 32.0 Å². The van der Waals surface area contributed by atoms with Crippen LogP contribution in [0.25, 0.3) is 0 Å². The summed E-state index contributed by atoms with van der Waals surface area (Å²) < 4.78 is 11.6. The molecule has 8 heteroatoms. The van der Waals surface area contributed by atoms with E-state index in [0.717, 1.165) is 16.8 Å². The zero-order valence-electron chi connectivity index (χ0n) is 19.5. The third kappa shape index (κ3) is 3.56. The number of rotatable bonds is 8. The van der Waals surface area contributed by atoms with Crippen molar-refractivity contribution in [1.82, 2.24) is 4.90 Å². The Balaban J connectivity index is 1.78. The number of amides is 2. The van der Waals surface area contributed by atoms with Gasteiger partial charge in [0.1, 0.15) is 11.6 Å². The van der Waals surface area contributed by atoms with Crippen molar-refractivity contribution in [3.8, 4) is 0 Å². The summed E-state index contributed by atoms with van der Waals surface area (Å²) in [5.41, 5.74) is 1.56. The van der Waals surface area contributed by atoms with E-state index in [1.165, 1.54) is 4.90 Å². The summed E-state index contributed by atoms with van der Waals surface area (Å²) in [5.74, 6) is -2.61. The van der Waals surface area contributed by atoms with Crippen LogP contribution in [0, 0.1) is 25.7 Å². The van der Waals surface area contributed by atoms with Gasteiger partial charge in [-0.05, 0) is 50.8 Å². The minimum Gasteiger partial charge on any atom is -0.466 e. The minimum atomic E-state index is -1.11. The maximum absolute atomic E-state index is 14.2. The van der Waals surface area contributed by atoms with Gasteiger partial charge in [0.25, 0.3) is 5.91 Å². The van der Waals surface area contributed by atoms with Gasteiger partial charge >= 0.3 is 5.97 Å². The molecule has 33 heavy (non-hydrogen) atoms. The molecule has 3 aliphatic heterocycles. The smallest absolute Gasteiger partial charge is 0.312 e. The Morgan fingerprint density at radius 2 is 2.15 bits per heavy atom. The molecule has 5 atom stereocenters. The molecule has 0 aromatic heterocycles. The molecular weight excluding hydrogens is 424 g/mol. The summed E-state index contributed by atoms with van der Waals surface area (Å²) in [7, 11) is 0. The molecule has 3 aliphatic rings. The lowest BCUT2D eigenvalue weighted by molar-refractivity contribution is -0.154. The van der Waals surface area contributed by atoms with Crippen LogP contribution in [0.3, 0.4) is 0 Å². The summed E-state index contributed by atoms with van der Waals surface area (Å²) in [6, 6.07) is 4.93. The third-order valence-electron chi connectivity index (χ3n) is 7.17. The second-order valence-corrected chi connectivity index (χ2v) is 9.09. The number of fused-ring (bicyclic) bond motifs is 1. The molecule has 1 aromatic carbocycles. The van der Waals surface area contributed by atoms with Gasteiger partial charge in [0.05, 0.1) is 31.2 Å². The van der Waals surface area contributed by atoms with Gasteiger partial charge in [0.2, 0.25) is 5.91 Å². The Bertz CT molecular complexity index is 978. The first-order chi connectivity index (χ1) is 15.8. The maximum atomic E-state index is 14.2. The largest absolute Gasteiger partial charge is 0.466 e. The van der Waals surface area contributed by atoms with Crippen LogP contribution in [0.4, 0.5) is 5.69 Å². The van der Waals surface area contributed by atoms with Crippen LogP contribution in [-0.2, 0) is 23.9 Å². The van der Waals surface area contributed by atoms with E-state index in [-0.39, 0.29) is 38.1 Å². The highest BCUT2D eigenvalue weighted by Gasteiger charge is 2.75. The Kier molecular flexibility index (Phi) is 6.33. The fourth-order valence-corrected chi connectivity index (χ4v) is 5.88. The molecule has 178 valence electrons. The standard InChI is InChI=1S/C25H32N2O6/c1-5-11-26(17-14-15(3)7-8-16(17)4)23(30)21-25-10-9-18(33-25)19(24(31)32-6-2)20(25)22(29)27(21)12-13-28/h5,7-8,14,18-21,28H,1,6,9-13H2,2-4H3/t18-,19+,20+,21-,25+/m1/s1. The lowest BCUT2D eigenvalue weighted by Gasteiger charge is -2.37. The first kappa shape index (κ1) is 23.4. The molecule has 0 aliphatic carbocycles. The number of likely N-dealkylation sites (tertiary alicyclic amines) is 1. The predicted octanol–water partition coefficient (Wildman–Crippen LogP) is 1.75. The lowest BCUT2D eigenvalue weighted by Crippen LogP contribution is -2.57. The number of anilines is 1. The maximum Gasteiger partial charge on any atom is 0.312 e. The van der Waals surface area contributed by atoms with Crippen LogP contribution in [0.15, 0.2) is 30.9 Å². The average molecular weight is 457 g/mol. The summed E-state index contributed by atoms with van der Waals surface area (Å²) in [6.07, 6.45) is 2.28. The van der Waals surface area contributed by atoms with Gasteiger partial charge in [-0.3, -0.25) is 14.4 Å². The highest BCUT2D eigenvalue weighted by molar-refractivity contribution is 6.05. The Morgan fingerprint density at radius 1 is 1.39 bits per heavy atom. The van der Waals surface area contributed by atoms with Crippen molar-refractivity contribution in [2.45, 2.75) is 51.4 Å². The number of carbonyl (C=O) groups is 3. The SMILES string of the molecule is C=CCN(C(=O)[C@H]1N(CCO)C(=O)[C@@H]2[C@@H](C(=O)OCC)[C@H]3CC[C@]21O3)c1cc(C)ccc1C. The van der Waals surface area contributed by atoms with E-state index in [9.17, 15) is 19.5 Å². The molecule has 8 nitrogen and oxygen atoms in total. The third-order valence-corrected chi connectivity index (χ3v) is 7.17. The van der Waals surface area contributed by atoms with E-state index in [1.54, 1.807) is 17.9 Å². The van der Waals surface area contributed by atoms with E-state index in [4.69, 9.17) is 9.47 Å².